The minimum Gasteiger partial charge on any atom is -0.358 e. The average Bonchev–Trinajstić information content (AvgIpc) is 3.02. The molecular formula is C19H18ClN5O2. The van der Waals surface area contributed by atoms with Crippen molar-refractivity contribution in [2.75, 3.05) is 39.1 Å². The highest BCUT2D eigenvalue weighted by atomic mass is 35.5. The molecule has 0 unspecified atom stereocenters. The van der Waals surface area contributed by atoms with Gasteiger partial charge in [0, 0.05) is 38.1 Å². The predicted molar refractivity (Wildman–Crippen MR) is 104 cm³/mol. The fraction of sp³-hybridized carbons (Fsp3) is 0.263. The van der Waals surface area contributed by atoms with Gasteiger partial charge in [0.25, 0.3) is 5.78 Å². The molecule has 27 heavy (non-hydrogen) atoms. The summed E-state index contributed by atoms with van der Waals surface area (Å²) in [5, 5.41) is 0.465. The highest BCUT2D eigenvalue weighted by Gasteiger charge is 2.35. The molecule has 7 nitrogen and oxygen atoms in total. The van der Waals surface area contributed by atoms with Gasteiger partial charge in [0.15, 0.2) is 0 Å². The SMILES string of the molecule is CN(C)CCN(C)c1cc2c(cn1)C(=O)C(=O)c1c-2nc2ccc(Cl)cn12. The number of likely N-dealkylation sites (N-methyl/N-ethyl adjacent to an activating group) is 2. The molecule has 0 spiro atoms. The van der Waals surface area contributed by atoms with Crippen molar-refractivity contribution in [2.24, 2.45) is 0 Å². The molecule has 3 heterocycles. The smallest absolute Gasteiger partial charge is 0.252 e. The van der Waals surface area contributed by atoms with Gasteiger partial charge in [-0.2, -0.15) is 0 Å². The zero-order chi connectivity index (χ0) is 19.3. The first-order chi connectivity index (χ1) is 12.9. The molecule has 0 fully saturated rings. The third-order valence-corrected chi connectivity index (χ3v) is 4.89. The van der Waals surface area contributed by atoms with E-state index >= 15 is 0 Å². The molecule has 0 saturated heterocycles. The fourth-order valence-corrected chi connectivity index (χ4v) is 3.31. The zero-order valence-corrected chi connectivity index (χ0v) is 16.0. The Morgan fingerprint density at radius 1 is 1.07 bits per heavy atom. The maximum Gasteiger partial charge on any atom is 0.252 e. The molecule has 0 N–H and O–H groups in total. The maximum atomic E-state index is 12.7. The monoisotopic (exact) mass is 383 g/mol. The molecule has 8 heteroatoms. The summed E-state index contributed by atoms with van der Waals surface area (Å²) in [6.07, 6.45) is 3.07. The summed E-state index contributed by atoms with van der Waals surface area (Å²) in [7, 11) is 5.96. The van der Waals surface area contributed by atoms with Crippen LogP contribution in [0.5, 0.6) is 0 Å². The normalized spacial score (nSPS) is 13.2. The third-order valence-electron chi connectivity index (χ3n) is 4.67. The summed E-state index contributed by atoms with van der Waals surface area (Å²) in [4.78, 5) is 38.3. The van der Waals surface area contributed by atoms with Crippen LogP contribution in [0.4, 0.5) is 5.82 Å². The molecule has 3 aromatic heterocycles. The largest absolute Gasteiger partial charge is 0.358 e. The van der Waals surface area contributed by atoms with Crippen molar-refractivity contribution in [3.05, 3.63) is 46.9 Å². The predicted octanol–water partition coefficient (Wildman–Crippen LogP) is 2.43. The van der Waals surface area contributed by atoms with Crippen LogP contribution in [0.1, 0.15) is 20.8 Å². The van der Waals surface area contributed by atoms with E-state index in [0.717, 1.165) is 18.9 Å². The number of pyridine rings is 2. The molecule has 0 aliphatic heterocycles. The number of rotatable bonds is 4. The number of imidazole rings is 1. The van der Waals surface area contributed by atoms with Crippen LogP contribution in [-0.2, 0) is 0 Å². The number of aromatic nitrogens is 3. The van der Waals surface area contributed by atoms with Gasteiger partial charge in [0.2, 0.25) is 5.78 Å². The van der Waals surface area contributed by atoms with Crippen molar-refractivity contribution in [3.8, 4) is 11.3 Å². The minimum atomic E-state index is -0.595. The quantitative estimate of drug-likeness (QED) is 0.644. The molecule has 1 aliphatic carbocycles. The van der Waals surface area contributed by atoms with Crippen molar-refractivity contribution < 1.29 is 9.59 Å². The van der Waals surface area contributed by atoms with Crippen LogP contribution < -0.4 is 4.90 Å². The molecule has 0 amide bonds. The first-order valence-corrected chi connectivity index (χ1v) is 8.87. The van der Waals surface area contributed by atoms with Gasteiger partial charge in [-0.05, 0) is 32.3 Å². The van der Waals surface area contributed by atoms with Crippen LogP contribution in [-0.4, -0.2) is 65.1 Å². The van der Waals surface area contributed by atoms with Crippen molar-refractivity contribution in [1.29, 1.82) is 0 Å². The summed E-state index contributed by atoms with van der Waals surface area (Å²) < 4.78 is 1.58. The number of carbonyl (C=O) groups excluding carboxylic acids is 2. The molecule has 3 aromatic rings. The first kappa shape index (κ1) is 17.6. The molecule has 0 aromatic carbocycles. The van der Waals surface area contributed by atoms with E-state index in [1.54, 1.807) is 22.7 Å². The Labute approximate surface area is 161 Å². The second-order valence-corrected chi connectivity index (χ2v) is 7.29. The highest BCUT2D eigenvalue weighted by Crippen LogP contribution is 2.35. The van der Waals surface area contributed by atoms with E-state index in [1.807, 2.05) is 32.1 Å². The Kier molecular flexibility index (Phi) is 4.20. The van der Waals surface area contributed by atoms with E-state index < -0.39 is 11.6 Å². The number of carbonyl (C=O) groups is 2. The number of hydrogen-bond acceptors (Lipinski definition) is 6. The van der Waals surface area contributed by atoms with E-state index in [0.29, 0.717) is 21.9 Å². The van der Waals surface area contributed by atoms with Crippen molar-refractivity contribution in [3.63, 3.8) is 0 Å². The lowest BCUT2D eigenvalue weighted by molar-refractivity contribution is 0.0811. The van der Waals surface area contributed by atoms with Crippen molar-refractivity contribution >= 4 is 34.6 Å². The number of fused-ring (bicyclic) bond motifs is 5. The van der Waals surface area contributed by atoms with E-state index in [1.165, 1.54) is 6.20 Å². The number of halogens is 1. The summed E-state index contributed by atoms with van der Waals surface area (Å²) in [6.45, 7) is 1.64. The van der Waals surface area contributed by atoms with Crippen molar-refractivity contribution in [2.45, 2.75) is 0 Å². The highest BCUT2D eigenvalue weighted by molar-refractivity contribution is 6.52. The molecule has 0 bridgehead atoms. The molecule has 1 aliphatic rings. The molecular weight excluding hydrogens is 366 g/mol. The van der Waals surface area contributed by atoms with Gasteiger partial charge in [-0.1, -0.05) is 11.6 Å². The van der Waals surface area contributed by atoms with Gasteiger partial charge in [-0.15, -0.1) is 0 Å². The summed E-state index contributed by atoms with van der Waals surface area (Å²) in [5.41, 5.74) is 2.21. The summed E-state index contributed by atoms with van der Waals surface area (Å²) in [6, 6.07) is 5.25. The fourth-order valence-electron chi connectivity index (χ4n) is 3.15. The molecule has 0 saturated carbocycles. The molecule has 4 rings (SSSR count). The topological polar surface area (TPSA) is 70.8 Å². The Morgan fingerprint density at radius 3 is 2.59 bits per heavy atom. The van der Waals surface area contributed by atoms with E-state index in [-0.39, 0.29) is 11.3 Å². The Hall–Kier alpha value is -2.77. The van der Waals surface area contributed by atoms with Crippen LogP contribution in [0.3, 0.4) is 0 Å². The van der Waals surface area contributed by atoms with Gasteiger partial charge in [-0.3, -0.25) is 14.0 Å². The van der Waals surface area contributed by atoms with Gasteiger partial charge in [0.05, 0.1) is 10.6 Å². The van der Waals surface area contributed by atoms with Gasteiger partial charge < -0.3 is 9.80 Å². The zero-order valence-electron chi connectivity index (χ0n) is 15.2. The van der Waals surface area contributed by atoms with Crippen LogP contribution in [0, 0.1) is 0 Å². The van der Waals surface area contributed by atoms with E-state index in [9.17, 15) is 9.59 Å². The number of hydrogen-bond donors (Lipinski definition) is 0. The third kappa shape index (κ3) is 2.89. The van der Waals surface area contributed by atoms with E-state index in [2.05, 4.69) is 14.9 Å². The Bertz CT molecular complexity index is 1090. The first-order valence-electron chi connectivity index (χ1n) is 8.49. The standard InChI is InChI=1S/C19H18ClN5O2/c1-23(2)6-7-24(3)15-8-12-13(9-21-15)18(26)19(27)17-16(12)22-14-5-4-11(20)10-25(14)17/h4-5,8-10H,6-7H2,1-3H3. The summed E-state index contributed by atoms with van der Waals surface area (Å²) >= 11 is 6.06. The Morgan fingerprint density at radius 2 is 1.85 bits per heavy atom. The minimum absolute atomic E-state index is 0.248. The van der Waals surface area contributed by atoms with Crippen LogP contribution in [0.15, 0.2) is 30.6 Å². The molecule has 138 valence electrons. The number of Topliss-reactive ketones (excluding diaryl/α,β-unsaturated/α-hetero) is 2. The van der Waals surface area contributed by atoms with Gasteiger partial charge in [-0.25, -0.2) is 9.97 Å². The second-order valence-electron chi connectivity index (χ2n) is 6.86. The van der Waals surface area contributed by atoms with E-state index in [4.69, 9.17) is 11.6 Å². The Balaban J connectivity index is 1.86. The van der Waals surface area contributed by atoms with Gasteiger partial charge >= 0.3 is 0 Å². The number of nitrogens with zero attached hydrogens (tertiary/aromatic N) is 5. The average molecular weight is 384 g/mol. The molecule has 0 atom stereocenters. The lowest BCUT2D eigenvalue weighted by Crippen LogP contribution is -2.29. The summed E-state index contributed by atoms with van der Waals surface area (Å²) in [5.74, 6) is -0.448. The number of ketones is 2. The molecule has 0 radical (unpaired) electrons. The van der Waals surface area contributed by atoms with Crippen LogP contribution in [0.25, 0.3) is 16.9 Å². The van der Waals surface area contributed by atoms with Crippen LogP contribution >= 0.6 is 11.6 Å². The second kappa shape index (κ2) is 6.44. The van der Waals surface area contributed by atoms with Gasteiger partial charge in [0.1, 0.15) is 22.9 Å². The maximum absolute atomic E-state index is 12.7. The number of anilines is 1. The lowest BCUT2D eigenvalue weighted by atomic mass is 9.91. The van der Waals surface area contributed by atoms with Crippen LogP contribution in [0.2, 0.25) is 5.02 Å². The van der Waals surface area contributed by atoms with Crippen molar-refractivity contribution in [1.82, 2.24) is 19.3 Å². The lowest BCUT2D eigenvalue weighted by Gasteiger charge is -2.22.